The van der Waals surface area contributed by atoms with E-state index in [1.165, 1.54) is 0 Å². The van der Waals surface area contributed by atoms with Crippen LogP contribution in [0.1, 0.15) is 13.3 Å². The van der Waals surface area contributed by atoms with E-state index in [1.54, 1.807) is 0 Å². The van der Waals surface area contributed by atoms with E-state index in [4.69, 9.17) is 11.5 Å². The van der Waals surface area contributed by atoms with Gasteiger partial charge in [-0.2, -0.15) is 0 Å². The molecule has 4 heteroatoms. The highest BCUT2D eigenvalue weighted by Gasteiger charge is 2.12. The zero-order valence-electron chi connectivity index (χ0n) is 6.93. The van der Waals surface area contributed by atoms with Crippen molar-refractivity contribution in [2.45, 2.75) is 13.3 Å². The minimum absolute atomic E-state index is 0.636. The van der Waals surface area contributed by atoms with Crippen molar-refractivity contribution in [3.8, 4) is 0 Å². The molecule has 0 amide bonds. The number of nitrogens with one attached hydrogen (secondary N) is 1. The van der Waals surface area contributed by atoms with Crippen molar-refractivity contribution < 1.29 is 0 Å². The molecule has 0 aliphatic carbocycles. The minimum Gasteiger partial charge on any atom is -0.398 e. The summed E-state index contributed by atoms with van der Waals surface area (Å²) in [4.78, 5) is 2.23. The van der Waals surface area contributed by atoms with Gasteiger partial charge in [-0.05, 0) is 13.0 Å². The van der Waals surface area contributed by atoms with Gasteiger partial charge in [0.1, 0.15) is 5.82 Å². The Hall–Kier alpha value is -0.900. The third-order valence-corrected chi connectivity index (χ3v) is 1.77. The third-order valence-electron chi connectivity index (χ3n) is 1.77. The fourth-order valence-electron chi connectivity index (χ4n) is 1.17. The number of rotatable bonds is 2. The van der Waals surface area contributed by atoms with E-state index >= 15 is 0 Å². The van der Waals surface area contributed by atoms with Gasteiger partial charge >= 0.3 is 0 Å². The molecule has 1 aliphatic rings. The Morgan fingerprint density at radius 3 is 2.82 bits per heavy atom. The lowest BCUT2D eigenvalue weighted by molar-refractivity contribution is 0.264. The van der Waals surface area contributed by atoms with Crippen molar-refractivity contribution >= 4 is 0 Å². The van der Waals surface area contributed by atoms with Gasteiger partial charge in [0.05, 0.1) is 12.4 Å². The Kier molecular flexibility index (Phi) is 2.59. The molecule has 11 heavy (non-hydrogen) atoms. The van der Waals surface area contributed by atoms with Crippen molar-refractivity contribution in [3.05, 3.63) is 11.5 Å². The second-order valence-corrected chi connectivity index (χ2v) is 2.83. The smallest absolute Gasteiger partial charge is 0.118 e. The molecule has 5 N–H and O–H groups in total. The molecule has 0 aromatic heterocycles. The van der Waals surface area contributed by atoms with Crippen LogP contribution in [-0.4, -0.2) is 24.7 Å². The van der Waals surface area contributed by atoms with Gasteiger partial charge in [-0.3, -0.25) is 4.90 Å². The molecule has 0 aromatic carbocycles. The second kappa shape index (κ2) is 3.48. The average Bonchev–Trinajstić information content (AvgIpc) is 1.98. The van der Waals surface area contributed by atoms with Gasteiger partial charge < -0.3 is 16.8 Å². The molecule has 0 atom stereocenters. The first-order valence-electron chi connectivity index (χ1n) is 3.94. The van der Waals surface area contributed by atoms with Crippen LogP contribution in [0.15, 0.2) is 11.5 Å². The summed E-state index contributed by atoms with van der Waals surface area (Å²) >= 11 is 0. The van der Waals surface area contributed by atoms with E-state index < -0.39 is 0 Å². The van der Waals surface area contributed by atoms with Gasteiger partial charge in [-0.15, -0.1) is 0 Å². The Morgan fingerprint density at radius 1 is 1.55 bits per heavy atom. The highest BCUT2D eigenvalue weighted by molar-refractivity contribution is 5.09. The molecule has 0 unspecified atom stereocenters. The van der Waals surface area contributed by atoms with Gasteiger partial charge in [0, 0.05) is 6.54 Å². The van der Waals surface area contributed by atoms with Crippen molar-refractivity contribution in [3.63, 3.8) is 0 Å². The van der Waals surface area contributed by atoms with Crippen LogP contribution in [0.3, 0.4) is 0 Å². The summed E-state index contributed by atoms with van der Waals surface area (Å²) < 4.78 is 0. The minimum atomic E-state index is 0.636. The van der Waals surface area contributed by atoms with Crippen molar-refractivity contribution in [1.82, 2.24) is 10.2 Å². The van der Waals surface area contributed by atoms with Gasteiger partial charge in [0.25, 0.3) is 0 Å². The van der Waals surface area contributed by atoms with Crippen LogP contribution in [-0.2, 0) is 0 Å². The van der Waals surface area contributed by atoms with E-state index in [0.29, 0.717) is 5.82 Å². The van der Waals surface area contributed by atoms with Crippen LogP contribution in [0.4, 0.5) is 0 Å². The summed E-state index contributed by atoms with van der Waals surface area (Å²) in [5.41, 5.74) is 12.0. The summed E-state index contributed by atoms with van der Waals surface area (Å²) in [6.45, 7) is 4.84. The number of hydrogen-bond acceptors (Lipinski definition) is 4. The van der Waals surface area contributed by atoms with Crippen LogP contribution in [0.5, 0.6) is 0 Å². The maximum atomic E-state index is 5.65. The van der Waals surface area contributed by atoms with Crippen molar-refractivity contribution in [2.75, 3.05) is 19.8 Å². The standard InChI is InChI=1S/C7H16N4/c1-2-3-11-4-6(8)7(9)10-5-11/h10H,2-5,8-9H2,1H3. The molecule has 1 aliphatic heterocycles. The summed E-state index contributed by atoms with van der Waals surface area (Å²) in [7, 11) is 0. The van der Waals surface area contributed by atoms with Gasteiger partial charge in [0.15, 0.2) is 0 Å². The lowest BCUT2D eigenvalue weighted by atomic mass is 10.3. The summed E-state index contributed by atoms with van der Waals surface area (Å²) in [6, 6.07) is 0. The summed E-state index contributed by atoms with van der Waals surface area (Å²) in [5, 5.41) is 3.02. The van der Waals surface area contributed by atoms with Crippen molar-refractivity contribution in [2.24, 2.45) is 11.5 Å². The van der Waals surface area contributed by atoms with Crippen LogP contribution >= 0.6 is 0 Å². The average molecular weight is 156 g/mol. The molecule has 0 bridgehead atoms. The fourth-order valence-corrected chi connectivity index (χ4v) is 1.17. The first kappa shape index (κ1) is 8.20. The number of hydrogen-bond donors (Lipinski definition) is 3. The summed E-state index contributed by atoms with van der Waals surface area (Å²) in [6.07, 6.45) is 1.15. The molecule has 0 spiro atoms. The number of nitrogens with two attached hydrogens (primary N) is 2. The molecular formula is C7H16N4. The topological polar surface area (TPSA) is 67.3 Å². The SMILES string of the molecule is CCCN1CNC(N)=C(N)C1. The molecule has 0 fully saturated rings. The Morgan fingerprint density at radius 2 is 2.27 bits per heavy atom. The maximum absolute atomic E-state index is 5.65. The van der Waals surface area contributed by atoms with Gasteiger partial charge in [-0.1, -0.05) is 6.92 Å². The zero-order valence-corrected chi connectivity index (χ0v) is 6.93. The Balaban J connectivity index is 2.44. The molecule has 1 heterocycles. The maximum Gasteiger partial charge on any atom is 0.118 e. The first-order chi connectivity index (χ1) is 5.24. The van der Waals surface area contributed by atoms with Gasteiger partial charge in [0.2, 0.25) is 0 Å². The molecule has 0 radical (unpaired) electrons. The molecule has 4 nitrogen and oxygen atoms in total. The third kappa shape index (κ3) is 2.01. The monoisotopic (exact) mass is 156 g/mol. The molecule has 0 saturated heterocycles. The van der Waals surface area contributed by atoms with E-state index in [0.717, 1.165) is 31.9 Å². The first-order valence-corrected chi connectivity index (χ1v) is 3.94. The second-order valence-electron chi connectivity index (χ2n) is 2.83. The van der Waals surface area contributed by atoms with Crippen LogP contribution in [0.25, 0.3) is 0 Å². The zero-order chi connectivity index (χ0) is 8.27. The Labute approximate surface area is 67.2 Å². The highest BCUT2D eigenvalue weighted by atomic mass is 15.3. The highest BCUT2D eigenvalue weighted by Crippen LogP contribution is 2.00. The molecule has 1 rings (SSSR count). The quantitative estimate of drug-likeness (QED) is 0.497. The van der Waals surface area contributed by atoms with Crippen LogP contribution in [0.2, 0.25) is 0 Å². The Bertz CT molecular complexity index is 164. The lowest BCUT2D eigenvalue weighted by Gasteiger charge is -2.28. The van der Waals surface area contributed by atoms with Crippen LogP contribution in [0, 0.1) is 0 Å². The fraction of sp³-hybridized carbons (Fsp3) is 0.714. The van der Waals surface area contributed by atoms with E-state index in [2.05, 4.69) is 17.1 Å². The predicted molar refractivity (Wildman–Crippen MR) is 45.3 cm³/mol. The molecule has 0 aromatic rings. The van der Waals surface area contributed by atoms with E-state index in [1.807, 2.05) is 0 Å². The number of nitrogens with zero attached hydrogens (tertiary/aromatic N) is 1. The molecule has 0 saturated carbocycles. The lowest BCUT2D eigenvalue weighted by Crippen LogP contribution is -2.45. The predicted octanol–water partition coefficient (Wildman–Crippen LogP) is -0.654. The van der Waals surface area contributed by atoms with E-state index in [9.17, 15) is 0 Å². The summed E-state index contributed by atoms with van der Waals surface area (Å²) in [5.74, 6) is 0.636. The van der Waals surface area contributed by atoms with E-state index in [-0.39, 0.29) is 0 Å². The normalized spacial score (nSPS) is 20.1. The van der Waals surface area contributed by atoms with Crippen LogP contribution < -0.4 is 16.8 Å². The largest absolute Gasteiger partial charge is 0.398 e. The van der Waals surface area contributed by atoms with Crippen molar-refractivity contribution in [1.29, 1.82) is 0 Å². The molecular weight excluding hydrogens is 140 g/mol. The van der Waals surface area contributed by atoms with Gasteiger partial charge in [-0.25, -0.2) is 0 Å². The molecule has 64 valence electrons.